The first-order valence-corrected chi connectivity index (χ1v) is 4.61. The molecule has 0 amide bonds. The maximum Gasteiger partial charge on any atom is 0 e. The normalized spacial score (nSPS) is 21.0. The Morgan fingerprint density at radius 1 is 1.00 bits per heavy atom. The molecular weight excluding hydrogens is 134 g/mol. The summed E-state index contributed by atoms with van der Waals surface area (Å²) in [5.41, 5.74) is 0.570. The van der Waals surface area contributed by atoms with E-state index in [-0.39, 0.29) is 7.58 Å². The van der Waals surface area contributed by atoms with Gasteiger partial charge in [-0.25, -0.2) is 0 Å². The minimum Gasteiger partial charge on any atom is -0.344 e. The Morgan fingerprint density at radius 2 is 1.45 bits per heavy atom. The van der Waals surface area contributed by atoms with Gasteiger partial charge in [-0.15, -0.1) is 0 Å². The summed E-state index contributed by atoms with van der Waals surface area (Å²) in [7, 11) is 0. The van der Waals surface area contributed by atoms with Crippen LogP contribution >= 0.6 is 0 Å². The van der Waals surface area contributed by atoms with Crippen molar-refractivity contribution in [3.05, 3.63) is 0 Å². The maximum atomic E-state index is 2.38. The summed E-state index contributed by atoms with van der Waals surface area (Å²) < 4.78 is 0. The Kier molecular flexibility index (Phi) is 4.09. The molecule has 0 aromatic rings. The smallest absolute Gasteiger partial charge is 0 e. The SMILES string of the molecule is CC(C)(C)C1CCCCC1.N.[HH]. The fraction of sp³-hybridized carbons (Fsp3) is 1.00. The second-order valence-electron chi connectivity index (χ2n) is 4.70. The molecule has 0 atom stereocenters. The van der Waals surface area contributed by atoms with Crippen LogP contribution in [0.15, 0.2) is 0 Å². The third kappa shape index (κ3) is 3.24. The van der Waals surface area contributed by atoms with Crippen molar-refractivity contribution in [2.24, 2.45) is 11.3 Å². The second-order valence-corrected chi connectivity index (χ2v) is 4.70. The van der Waals surface area contributed by atoms with Gasteiger partial charge in [0.15, 0.2) is 0 Å². The van der Waals surface area contributed by atoms with Crippen LogP contribution in [-0.4, -0.2) is 0 Å². The number of rotatable bonds is 0. The van der Waals surface area contributed by atoms with E-state index in [2.05, 4.69) is 20.8 Å². The highest BCUT2D eigenvalue weighted by atomic mass is 14.3. The summed E-state index contributed by atoms with van der Waals surface area (Å²) in [6.07, 6.45) is 7.38. The molecule has 0 aliphatic heterocycles. The maximum absolute atomic E-state index is 2.38. The van der Waals surface area contributed by atoms with Gasteiger partial charge in [0.25, 0.3) is 0 Å². The molecule has 1 rings (SSSR count). The van der Waals surface area contributed by atoms with Crippen LogP contribution in [0.4, 0.5) is 0 Å². The van der Waals surface area contributed by atoms with Crippen LogP contribution in [0.5, 0.6) is 0 Å². The van der Waals surface area contributed by atoms with Crippen molar-refractivity contribution in [1.82, 2.24) is 6.15 Å². The van der Waals surface area contributed by atoms with Crippen molar-refractivity contribution in [2.45, 2.75) is 52.9 Å². The van der Waals surface area contributed by atoms with Crippen LogP contribution in [0.2, 0.25) is 0 Å². The molecule has 3 N–H and O–H groups in total. The molecule has 0 unspecified atom stereocenters. The average Bonchev–Trinajstić information content (AvgIpc) is 1.88. The Hall–Kier alpha value is -0.0400. The van der Waals surface area contributed by atoms with E-state index in [1.165, 1.54) is 32.1 Å². The molecular formula is C10H25N. The van der Waals surface area contributed by atoms with E-state index in [9.17, 15) is 0 Å². The molecule has 0 radical (unpaired) electrons. The van der Waals surface area contributed by atoms with Gasteiger partial charge in [-0.05, 0) is 24.2 Å². The molecule has 1 saturated carbocycles. The van der Waals surface area contributed by atoms with E-state index < -0.39 is 0 Å². The molecule has 0 aromatic carbocycles. The molecule has 0 aromatic heterocycles. The summed E-state index contributed by atoms with van der Waals surface area (Å²) in [4.78, 5) is 0. The van der Waals surface area contributed by atoms with Crippen LogP contribution < -0.4 is 6.15 Å². The van der Waals surface area contributed by atoms with Crippen LogP contribution in [0.3, 0.4) is 0 Å². The van der Waals surface area contributed by atoms with Crippen LogP contribution in [0, 0.1) is 11.3 Å². The largest absolute Gasteiger partial charge is 0.344 e. The first kappa shape index (κ1) is 11.0. The standard InChI is InChI=1S/C10H20.H3N.H2/c1-10(2,3)9-7-5-4-6-8-9;;/h9H,4-8H2,1-3H3;1H3;1H. The second kappa shape index (κ2) is 4.10. The Balaban J connectivity index is 0. The monoisotopic (exact) mass is 159 g/mol. The summed E-state index contributed by atoms with van der Waals surface area (Å²) in [5, 5.41) is 0. The van der Waals surface area contributed by atoms with Crippen molar-refractivity contribution in [2.75, 3.05) is 0 Å². The number of hydrogen-bond donors (Lipinski definition) is 1. The lowest BCUT2D eigenvalue weighted by Crippen LogP contribution is -2.22. The van der Waals surface area contributed by atoms with Crippen molar-refractivity contribution in [1.29, 1.82) is 0 Å². The van der Waals surface area contributed by atoms with E-state index >= 15 is 0 Å². The molecule has 1 nitrogen and oxygen atoms in total. The lowest BCUT2D eigenvalue weighted by Gasteiger charge is -2.33. The van der Waals surface area contributed by atoms with E-state index in [1.807, 2.05) is 0 Å². The van der Waals surface area contributed by atoms with Gasteiger partial charge < -0.3 is 6.15 Å². The van der Waals surface area contributed by atoms with Gasteiger partial charge in [-0.2, -0.15) is 0 Å². The Morgan fingerprint density at radius 3 is 1.73 bits per heavy atom. The van der Waals surface area contributed by atoms with Gasteiger partial charge in [0.1, 0.15) is 0 Å². The lowest BCUT2D eigenvalue weighted by atomic mass is 9.72. The molecule has 1 fully saturated rings. The van der Waals surface area contributed by atoms with Crippen LogP contribution in [0.25, 0.3) is 0 Å². The number of hydrogen-bond acceptors (Lipinski definition) is 1. The van der Waals surface area contributed by atoms with Gasteiger partial charge in [0.2, 0.25) is 0 Å². The molecule has 0 bridgehead atoms. The van der Waals surface area contributed by atoms with Crippen LogP contribution in [-0.2, 0) is 0 Å². The van der Waals surface area contributed by atoms with Gasteiger partial charge >= 0.3 is 0 Å². The van der Waals surface area contributed by atoms with Crippen molar-refractivity contribution in [3.63, 3.8) is 0 Å². The zero-order valence-corrected chi connectivity index (χ0v) is 8.32. The quantitative estimate of drug-likeness (QED) is 0.569. The van der Waals surface area contributed by atoms with Crippen molar-refractivity contribution in [3.8, 4) is 0 Å². The van der Waals surface area contributed by atoms with E-state index in [4.69, 9.17) is 0 Å². The van der Waals surface area contributed by atoms with Gasteiger partial charge in [0.05, 0.1) is 0 Å². The van der Waals surface area contributed by atoms with Gasteiger partial charge in [-0.3, -0.25) is 0 Å². The predicted molar refractivity (Wildman–Crippen MR) is 53.2 cm³/mol. The zero-order chi connectivity index (χ0) is 7.61. The molecule has 0 spiro atoms. The molecule has 70 valence electrons. The highest BCUT2D eigenvalue weighted by Gasteiger charge is 2.25. The summed E-state index contributed by atoms with van der Waals surface area (Å²) >= 11 is 0. The van der Waals surface area contributed by atoms with Crippen molar-refractivity contribution < 1.29 is 1.43 Å². The highest BCUT2D eigenvalue weighted by molar-refractivity contribution is 4.76. The molecule has 1 aliphatic carbocycles. The topological polar surface area (TPSA) is 35.0 Å². The van der Waals surface area contributed by atoms with E-state index in [1.54, 1.807) is 0 Å². The summed E-state index contributed by atoms with van der Waals surface area (Å²) in [6.45, 7) is 7.13. The fourth-order valence-electron chi connectivity index (χ4n) is 1.97. The van der Waals surface area contributed by atoms with E-state index in [0.29, 0.717) is 5.41 Å². The highest BCUT2D eigenvalue weighted by Crippen LogP contribution is 2.37. The first-order valence-electron chi connectivity index (χ1n) is 4.61. The van der Waals surface area contributed by atoms with Crippen LogP contribution in [0.1, 0.15) is 54.3 Å². The molecule has 1 heteroatoms. The molecule has 0 saturated heterocycles. The Labute approximate surface area is 72.6 Å². The molecule has 0 heterocycles. The zero-order valence-electron chi connectivity index (χ0n) is 8.32. The third-order valence-corrected chi connectivity index (χ3v) is 2.83. The van der Waals surface area contributed by atoms with Crippen molar-refractivity contribution >= 4 is 0 Å². The van der Waals surface area contributed by atoms with E-state index in [0.717, 1.165) is 5.92 Å². The van der Waals surface area contributed by atoms with Gasteiger partial charge in [0, 0.05) is 1.43 Å². The first-order chi connectivity index (χ1) is 4.61. The lowest BCUT2D eigenvalue weighted by molar-refractivity contribution is 0.180. The predicted octanol–water partition coefficient (Wildman–Crippen LogP) is 4.02. The third-order valence-electron chi connectivity index (χ3n) is 2.83. The minimum absolute atomic E-state index is 0. The molecule has 11 heavy (non-hydrogen) atoms. The summed E-state index contributed by atoms with van der Waals surface area (Å²) in [6, 6.07) is 0. The van der Waals surface area contributed by atoms with Gasteiger partial charge in [-0.1, -0.05) is 40.0 Å². The average molecular weight is 159 g/mol. The minimum atomic E-state index is 0. The molecule has 1 aliphatic rings. The Bertz CT molecular complexity index is 101. The fourth-order valence-corrected chi connectivity index (χ4v) is 1.97. The summed E-state index contributed by atoms with van der Waals surface area (Å²) in [5.74, 6) is 1.00.